The van der Waals surface area contributed by atoms with E-state index in [4.69, 9.17) is 0 Å². The number of nitrogens with one attached hydrogen (secondary N) is 1. The number of nitrogens with zero attached hydrogens (tertiary/aromatic N) is 2. The highest BCUT2D eigenvalue weighted by Gasteiger charge is 2.32. The van der Waals surface area contributed by atoms with E-state index in [0.717, 1.165) is 17.7 Å². The molecule has 0 spiro atoms. The standard InChI is InChI=1S/C15H19N3O2/c1-4-9-18-14(19)13(16-15(18)20)10-11-5-7-12(8-6-11)17(2)3/h5-8,10H,4,9H2,1-3H3,(H,16,20). The smallest absolute Gasteiger partial charge is 0.329 e. The predicted octanol–water partition coefficient (Wildman–Crippen LogP) is 2.06. The van der Waals surface area contributed by atoms with Gasteiger partial charge in [-0.1, -0.05) is 19.1 Å². The number of imide groups is 1. The predicted molar refractivity (Wildman–Crippen MR) is 79.3 cm³/mol. The summed E-state index contributed by atoms with van der Waals surface area (Å²) >= 11 is 0. The molecule has 0 atom stereocenters. The van der Waals surface area contributed by atoms with Crippen LogP contribution in [0.3, 0.4) is 0 Å². The van der Waals surface area contributed by atoms with E-state index in [1.54, 1.807) is 6.08 Å². The Hall–Kier alpha value is -2.30. The summed E-state index contributed by atoms with van der Waals surface area (Å²) in [6.07, 6.45) is 2.46. The largest absolute Gasteiger partial charge is 0.378 e. The number of urea groups is 1. The van der Waals surface area contributed by atoms with Crippen LogP contribution in [0.5, 0.6) is 0 Å². The Morgan fingerprint density at radius 2 is 1.85 bits per heavy atom. The third kappa shape index (κ3) is 2.82. The molecular formula is C15H19N3O2. The zero-order valence-corrected chi connectivity index (χ0v) is 12.0. The summed E-state index contributed by atoms with van der Waals surface area (Å²) in [5.41, 5.74) is 2.31. The molecule has 1 aromatic rings. The molecule has 3 amide bonds. The van der Waals surface area contributed by atoms with Crippen LogP contribution in [0.4, 0.5) is 10.5 Å². The van der Waals surface area contributed by atoms with E-state index in [9.17, 15) is 9.59 Å². The third-order valence-corrected chi connectivity index (χ3v) is 3.13. The summed E-state index contributed by atoms with van der Waals surface area (Å²) in [5.74, 6) is -0.256. The van der Waals surface area contributed by atoms with Gasteiger partial charge in [0.1, 0.15) is 5.70 Å². The van der Waals surface area contributed by atoms with Crippen LogP contribution in [-0.2, 0) is 4.79 Å². The maximum atomic E-state index is 12.1. The van der Waals surface area contributed by atoms with Crippen molar-refractivity contribution in [3.8, 4) is 0 Å². The second-order valence-electron chi connectivity index (χ2n) is 4.93. The molecular weight excluding hydrogens is 254 g/mol. The van der Waals surface area contributed by atoms with Crippen LogP contribution in [0.2, 0.25) is 0 Å². The van der Waals surface area contributed by atoms with Gasteiger partial charge in [0.05, 0.1) is 0 Å². The molecule has 106 valence electrons. The molecule has 1 fully saturated rings. The molecule has 2 rings (SSSR count). The lowest BCUT2D eigenvalue weighted by atomic mass is 10.1. The summed E-state index contributed by atoms with van der Waals surface area (Å²) in [6.45, 7) is 2.38. The Morgan fingerprint density at radius 1 is 1.20 bits per heavy atom. The minimum atomic E-state index is -0.340. The van der Waals surface area contributed by atoms with Crippen LogP contribution in [-0.4, -0.2) is 37.5 Å². The fourth-order valence-electron chi connectivity index (χ4n) is 2.03. The van der Waals surface area contributed by atoms with E-state index in [1.807, 2.05) is 50.2 Å². The van der Waals surface area contributed by atoms with Gasteiger partial charge >= 0.3 is 6.03 Å². The van der Waals surface area contributed by atoms with Crippen molar-refractivity contribution in [3.63, 3.8) is 0 Å². The molecule has 5 heteroatoms. The normalized spacial score (nSPS) is 16.8. The molecule has 1 aromatic carbocycles. The quantitative estimate of drug-likeness (QED) is 0.675. The van der Waals surface area contributed by atoms with Crippen molar-refractivity contribution in [2.24, 2.45) is 0 Å². The third-order valence-electron chi connectivity index (χ3n) is 3.13. The number of carbonyl (C=O) groups excluding carboxylic acids is 2. The molecule has 0 aliphatic carbocycles. The molecule has 1 N–H and O–H groups in total. The van der Waals surface area contributed by atoms with Gasteiger partial charge in [0.15, 0.2) is 0 Å². The molecule has 5 nitrogen and oxygen atoms in total. The van der Waals surface area contributed by atoms with Crippen molar-refractivity contribution in [2.45, 2.75) is 13.3 Å². The van der Waals surface area contributed by atoms with Gasteiger partial charge in [0.25, 0.3) is 5.91 Å². The lowest BCUT2D eigenvalue weighted by Crippen LogP contribution is -2.31. The fraction of sp³-hybridized carbons (Fsp3) is 0.333. The van der Waals surface area contributed by atoms with Crippen molar-refractivity contribution in [1.82, 2.24) is 10.2 Å². The molecule has 0 saturated carbocycles. The molecule has 0 unspecified atom stereocenters. The molecule has 20 heavy (non-hydrogen) atoms. The highest BCUT2D eigenvalue weighted by Crippen LogP contribution is 2.17. The van der Waals surface area contributed by atoms with Crippen LogP contribution in [0, 0.1) is 0 Å². The van der Waals surface area contributed by atoms with E-state index in [1.165, 1.54) is 4.90 Å². The van der Waals surface area contributed by atoms with Crippen LogP contribution in [0.15, 0.2) is 30.0 Å². The molecule has 0 bridgehead atoms. The first kappa shape index (κ1) is 14.1. The first-order valence-corrected chi connectivity index (χ1v) is 6.65. The van der Waals surface area contributed by atoms with E-state index < -0.39 is 0 Å². The van der Waals surface area contributed by atoms with Gasteiger partial charge in [-0.3, -0.25) is 9.69 Å². The molecule has 0 aromatic heterocycles. The summed E-state index contributed by atoms with van der Waals surface area (Å²) in [7, 11) is 3.94. The monoisotopic (exact) mass is 273 g/mol. The van der Waals surface area contributed by atoms with Gasteiger partial charge in [-0.25, -0.2) is 4.79 Å². The Kier molecular flexibility index (Phi) is 4.08. The molecule has 1 saturated heterocycles. The highest BCUT2D eigenvalue weighted by molar-refractivity contribution is 6.13. The van der Waals surface area contributed by atoms with Crippen molar-refractivity contribution < 1.29 is 9.59 Å². The van der Waals surface area contributed by atoms with Gasteiger partial charge in [-0.2, -0.15) is 0 Å². The van der Waals surface area contributed by atoms with Crippen molar-refractivity contribution in [1.29, 1.82) is 0 Å². The molecule has 0 radical (unpaired) electrons. The van der Waals surface area contributed by atoms with Gasteiger partial charge in [0.2, 0.25) is 0 Å². The Balaban J connectivity index is 2.19. The Morgan fingerprint density at radius 3 is 2.40 bits per heavy atom. The van der Waals surface area contributed by atoms with Crippen molar-refractivity contribution in [2.75, 3.05) is 25.5 Å². The Bertz CT molecular complexity index is 547. The van der Waals surface area contributed by atoms with Crippen LogP contribution in [0.1, 0.15) is 18.9 Å². The SMILES string of the molecule is CCCN1C(=O)NC(=Cc2ccc(N(C)C)cc2)C1=O. The van der Waals surface area contributed by atoms with Gasteiger partial charge in [-0.05, 0) is 30.2 Å². The molecule has 1 heterocycles. The first-order chi connectivity index (χ1) is 9.52. The number of anilines is 1. The second-order valence-corrected chi connectivity index (χ2v) is 4.93. The summed E-state index contributed by atoms with van der Waals surface area (Å²) < 4.78 is 0. The zero-order valence-electron chi connectivity index (χ0n) is 12.0. The number of hydrogen-bond acceptors (Lipinski definition) is 3. The number of amides is 3. The van der Waals surface area contributed by atoms with Crippen LogP contribution >= 0.6 is 0 Å². The van der Waals surface area contributed by atoms with Crippen LogP contribution < -0.4 is 10.2 Å². The summed E-state index contributed by atoms with van der Waals surface area (Å²) in [4.78, 5) is 27.0. The highest BCUT2D eigenvalue weighted by atomic mass is 16.2. The Labute approximate surface area is 118 Å². The topological polar surface area (TPSA) is 52.7 Å². The van der Waals surface area contributed by atoms with Crippen LogP contribution in [0.25, 0.3) is 6.08 Å². The van der Waals surface area contributed by atoms with Gasteiger partial charge in [-0.15, -0.1) is 0 Å². The van der Waals surface area contributed by atoms with Crippen molar-refractivity contribution >= 4 is 23.7 Å². The van der Waals surface area contributed by atoms with E-state index in [2.05, 4.69) is 5.32 Å². The van der Waals surface area contributed by atoms with E-state index in [0.29, 0.717) is 12.2 Å². The zero-order chi connectivity index (χ0) is 14.7. The van der Waals surface area contributed by atoms with E-state index in [-0.39, 0.29) is 11.9 Å². The minimum Gasteiger partial charge on any atom is -0.378 e. The number of rotatable bonds is 4. The molecule has 1 aliphatic heterocycles. The average Bonchev–Trinajstić information content (AvgIpc) is 2.67. The summed E-state index contributed by atoms with van der Waals surface area (Å²) in [6, 6.07) is 7.44. The fourth-order valence-corrected chi connectivity index (χ4v) is 2.03. The summed E-state index contributed by atoms with van der Waals surface area (Å²) in [5, 5.41) is 2.61. The second kappa shape index (κ2) is 5.77. The maximum absolute atomic E-state index is 12.1. The lowest BCUT2D eigenvalue weighted by Gasteiger charge is -2.11. The average molecular weight is 273 g/mol. The first-order valence-electron chi connectivity index (χ1n) is 6.65. The molecule has 1 aliphatic rings. The number of benzene rings is 1. The van der Waals surface area contributed by atoms with Crippen molar-refractivity contribution in [3.05, 3.63) is 35.5 Å². The minimum absolute atomic E-state index is 0.256. The van der Waals surface area contributed by atoms with Gasteiger partial charge in [0, 0.05) is 26.3 Å². The van der Waals surface area contributed by atoms with E-state index >= 15 is 0 Å². The van der Waals surface area contributed by atoms with Gasteiger partial charge < -0.3 is 10.2 Å². The number of hydrogen-bond donors (Lipinski definition) is 1. The lowest BCUT2D eigenvalue weighted by molar-refractivity contribution is -0.122. The maximum Gasteiger partial charge on any atom is 0.329 e. The number of carbonyl (C=O) groups is 2.